The van der Waals surface area contributed by atoms with E-state index in [-0.39, 0.29) is 6.42 Å². The Labute approximate surface area is 99.5 Å². The van der Waals surface area contributed by atoms with E-state index in [1.54, 1.807) is 0 Å². The van der Waals surface area contributed by atoms with E-state index in [0.29, 0.717) is 0 Å². The van der Waals surface area contributed by atoms with Crippen LogP contribution in [0.3, 0.4) is 0 Å². The molecule has 2 aromatic carbocycles. The Morgan fingerprint density at radius 1 is 0.941 bits per heavy atom. The molecule has 0 aliphatic heterocycles. The molecule has 3 nitrogen and oxygen atoms in total. The maximum Gasteiger partial charge on any atom is 0.307 e. The Morgan fingerprint density at radius 3 is 1.88 bits per heavy atom. The smallest absolute Gasteiger partial charge is 0.307 e. The summed E-state index contributed by atoms with van der Waals surface area (Å²) in [6.45, 7) is 0. The van der Waals surface area contributed by atoms with Crippen LogP contribution in [0, 0.1) is 0 Å². The summed E-state index contributed by atoms with van der Waals surface area (Å²) in [4.78, 5) is 10.5. The molecule has 0 fully saturated rings. The Hall–Kier alpha value is -2.29. The van der Waals surface area contributed by atoms with Crippen LogP contribution in [0.5, 0.6) is 0 Å². The van der Waals surface area contributed by atoms with E-state index in [2.05, 4.69) is 0 Å². The van der Waals surface area contributed by atoms with Crippen molar-refractivity contribution in [2.45, 2.75) is 6.42 Å². The summed E-state index contributed by atoms with van der Waals surface area (Å²) in [5.74, 6) is -0.815. The number of hydrogen-bond donors (Lipinski definition) is 2. The molecule has 0 aromatic heterocycles. The number of nitrogens with two attached hydrogens (primary N) is 1. The molecule has 0 saturated heterocycles. The molecule has 86 valence electrons. The first-order valence-corrected chi connectivity index (χ1v) is 5.32. The predicted octanol–water partition coefficient (Wildman–Crippen LogP) is 2.56. The second-order valence-electron chi connectivity index (χ2n) is 3.89. The van der Waals surface area contributed by atoms with Crippen molar-refractivity contribution in [2.24, 2.45) is 0 Å². The number of carboxylic acids is 1. The van der Waals surface area contributed by atoms with Crippen LogP contribution in [0.2, 0.25) is 0 Å². The lowest BCUT2D eigenvalue weighted by Gasteiger charge is -2.03. The summed E-state index contributed by atoms with van der Waals surface area (Å²) in [6.07, 6.45) is 0.0576. The number of nitrogen functional groups attached to an aromatic ring is 1. The van der Waals surface area contributed by atoms with E-state index in [4.69, 9.17) is 10.8 Å². The van der Waals surface area contributed by atoms with Gasteiger partial charge in [-0.25, -0.2) is 0 Å². The molecule has 3 N–H and O–H groups in total. The molecule has 17 heavy (non-hydrogen) atoms. The first-order valence-electron chi connectivity index (χ1n) is 5.32. The highest BCUT2D eigenvalue weighted by molar-refractivity contribution is 5.71. The molecule has 0 bridgehead atoms. The summed E-state index contributed by atoms with van der Waals surface area (Å²) >= 11 is 0. The average molecular weight is 227 g/mol. The SMILES string of the molecule is Nc1ccc(-c2ccc(CC(=O)O)cc2)cc1. The van der Waals surface area contributed by atoms with E-state index < -0.39 is 5.97 Å². The quantitative estimate of drug-likeness (QED) is 0.792. The molecule has 0 aliphatic rings. The van der Waals surface area contributed by atoms with E-state index in [9.17, 15) is 4.79 Å². The lowest BCUT2D eigenvalue weighted by Crippen LogP contribution is -1.99. The van der Waals surface area contributed by atoms with Crippen molar-refractivity contribution >= 4 is 11.7 Å². The van der Waals surface area contributed by atoms with E-state index >= 15 is 0 Å². The number of rotatable bonds is 3. The topological polar surface area (TPSA) is 63.3 Å². The van der Waals surface area contributed by atoms with Crippen LogP contribution in [0.25, 0.3) is 11.1 Å². The fourth-order valence-corrected chi connectivity index (χ4v) is 1.67. The second-order valence-corrected chi connectivity index (χ2v) is 3.89. The fraction of sp³-hybridized carbons (Fsp3) is 0.0714. The minimum Gasteiger partial charge on any atom is -0.481 e. The molecule has 0 heterocycles. The van der Waals surface area contributed by atoms with Gasteiger partial charge in [-0.1, -0.05) is 36.4 Å². The highest BCUT2D eigenvalue weighted by Gasteiger charge is 2.01. The van der Waals surface area contributed by atoms with Gasteiger partial charge in [0.1, 0.15) is 0 Å². The highest BCUT2D eigenvalue weighted by atomic mass is 16.4. The Bertz CT molecular complexity index is 515. The average Bonchev–Trinajstić information content (AvgIpc) is 2.30. The summed E-state index contributed by atoms with van der Waals surface area (Å²) in [7, 11) is 0. The summed E-state index contributed by atoms with van der Waals surface area (Å²) in [6, 6.07) is 15.1. The molecule has 3 heteroatoms. The molecule has 0 saturated carbocycles. The first kappa shape index (κ1) is 11.2. The van der Waals surface area contributed by atoms with Crippen LogP contribution in [-0.2, 0) is 11.2 Å². The van der Waals surface area contributed by atoms with Crippen LogP contribution in [-0.4, -0.2) is 11.1 Å². The first-order chi connectivity index (χ1) is 8.15. The number of hydrogen-bond acceptors (Lipinski definition) is 2. The zero-order valence-corrected chi connectivity index (χ0v) is 9.26. The standard InChI is InChI=1S/C14H13NO2/c15-13-7-5-12(6-8-13)11-3-1-10(2-4-11)9-14(16)17/h1-8H,9,15H2,(H,16,17). The normalized spacial score (nSPS) is 10.1. The van der Waals surface area contributed by atoms with Crippen molar-refractivity contribution in [1.29, 1.82) is 0 Å². The Kier molecular flexibility index (Phi) is 3.10. The molecule has 0 atom stereocenters. The molecular formula is C14H13NO2. The van der Waals surface area contributed by atoms with Gasteiger partial charge in [0.15, 0.2) is 0 Å². The van der Waals surface area contributed by atoms with Gasteiger partial charge in [0.2, 0.25) is 0 Å². The number of carboxylic acid groups (broad SMARTS) is 1. The zero-order chi connectivity index (χ0) is 12.3. The van der Waals surface area contributed by atoms with Crippen LogP contribution in [0.4, 0.5) is 5.69 Å². The van der Waals surface area contributed by atoms with Gasteiger partial charge in [0.05, 0.1) is 6.42 Å². The monoisotopic (exact) mass is 227 g/mol. The number of aliphatic carboxylic acids is 1. The third-order valence-electron chi connectivity index (χ3n) is 2.55. The lowest BCUT2D eigenvalue weighted by atomic mass is 10.0. The molecular weight excluding hydrogens is 214 g/mol. The molecule has 2 rings (SSSR count). The van der Waals surface area contributed by atoms with E-state index in [0.717, 1.165) is 22.4 Å². The molecule has 0 spiro atoms. The third kappa shape index (κ3) is 2.84. The van der Waals surface area contributed by atoms with Gasteiger partial charge in [-0.15, -0.1) is 0 Å². The van der Waals surface area contributed by atoms with Crippen molar-refractivity contribution in [3.8, 4) is 11.1 Å². The molecule has 0 radical (unpaired) electrons. The number of benzene rings is 2. The summed E-state index contributed by atoms with van der Waals surface area (Å²) in [5, 5.41) is 8.67. The highest BCUT2D eigenvalue weighted by Crippen LogP contribution is 2.21. The molecule has 0 unspecified atom stereocenters. The van der Waals surface area contributed by atoms with Crippen LogP contribution >= 0.6 is 0 Å². The van der Waals surface area contributed by atoms with Crippen molar-refractivity contribution in [3.05, 3.63) is 54.1 Å². The Morgan fingerprint density at radius 2 is 1.41 bits per heavy atom. The maximum absolute atomic E-state index is 10.5. The number of carbonyl (C=O) groups is 1. The van der Waals surface area contributed by atoms with Crippen molar-refractivity contribution in [1.82, 2.24) is 0 Å². The van der Waals surface area contributed by atoms with Gasteiger partial charge in [0.25, 0.3) is 0 Å². The van der Waals surface area contributed by atoms with Gasteiger partial charge in [-0.3, -0.25) is 4.79 Å². The van der Waals surface area contributed by atoms with Gasteiger partial charge in [-0.2, -0.15) is 0 Å². The van der Waals surface area contributed by atoms with E-state index in [1.807, 2.05) is 48.5 Å². The minimum atomic E-state index is -0.815. The maximum atomic E-state index is 10.5. The van der Waals surface area contributed by atoms with Crippen LogP contribution < -0.4 is 5.73 Å². The summed E-state index contributed by atoms with van der Waals surface area (Å²) < 4.78 is 0. The molecule has 2 aromatic rings. The van der Waals surface area contributed by atoms with Crippen LogP contribution in [0.15, 0.2) is 48.5 Å². The molecule has 0 amide bonds. The third-order valence-corrected chi connectivity index (χ3v) is 2.55. The van der Waals surface area contributed by atoms with Crippen molar-refractivity contribution in [2.75, 3.05) is 5.73 Å². The zero-order valence-electron chi connectivity index (χ0n) is 9.26. The van der Waals surface area contributed by atoms with Crippen molar-refractivity contribution in [3.63, 3.8) is 0 Å². The predicted molar refractivity (Wildman–Crippen MR) is 67.6 cm³/mol. The van der Waals surface area contributed by atoms with Gasteiger partial charge in [0, 0.05) is 5.69 Å². The largest absolute Gasteiger partial charge is 0.481 e. The second kappa shape index (κ2) is 4.70. The summed E-state index contributed by atoms with van der Waals surface area (Å²) in [5.41, 5.74) is 9.28. The van der Waals surface area contributed by atoms with Gasteiger partial charge < -0.3 is 10.8 Å². The minimum absolute atomic E-state index is 0.0576. The van der Waals surface area contributed by atoms with Gasteiger partial charge >= 0.3 is 5.97 Å². The lowest BCUT2D eigenvalue weighted by molar-refractivity contribution is -0.136. The van der Waals surface area contributed by atoms with Gasteiger partial charge in [-0.05, 0) is 28.8 Å². The van der Waals surface area contributed by atoms with E-state index in [1.165, 1.54) is 0 Å². The fourth-order valence-electron chi connectivity index (χ4n) is 1.67. The van der Waals surface area contributed by atoms with Crippen molar-refractivity contribution < 1.29 is 9.90 Å². The van der Waals surface area contributed by atoms with Crippen LogP contribution in [0.1, 0.15) is 5.56 Å². The Balaban J connectivity index is 2.23. The number of anilines is 1. The molecule has 0 aliphatic carbocycles.